The van der Waals surface area contributed by atoms with Crippen molar-refractivity contribution in [3.8, 4) is 21.8 Å². The highest BCUT2D eigenvalue weighted by Crippen LogP contribution is 2.40. The number of halogens is 3. The Morgan fingerprint density at radius 3 is 2.45 bits per heavy atom. The van der Waals surface area contributed by atoms with Crippen LogP contribution in [0.25, 0.3) is 21.8 Å². The molecule has 0 saturated carbocycles. The van der Waals surface area contributed by atoms with Crippen molar-refractivity contribution in [2.24, 2.45) is 0 Å². The molecule has 3 heterocycles. The molecule has 0 unspecified atom stereocenters. The summed E-state index contributed by atoms with van der Waals surface area (Å²) in [6.45, 7) is 3.92. The van der Waals surface area contributed by atoms with Crippen LogP contribution in [-0.4, -0.2) is 45.5 Å². The van der Waals surface area contributed by atoms with Crippen LogP contribution in [0.15, 0.2) is 53.6 Å². The lowest BCUT2D eigenvalue weighted by molar-refractivity contribution is 0.475. The van der Waals surface area contributed by atoms with Crippen LogP contribution in [0.1, 0.15) is 37.6 Å². The third kappa shape index (κ3) is 6.64. The van der Waals surface area contributed by atoms with Gasteiger partial charge in [-0.2, -0.15) is 4.55 Å². The molecule has 4 aromatic rings. The van der Waals surface area contributed by atoms with Crippen LogP contribution in [0.5, 0.6) is 0 Å². The minimum Gasteiger partial charge on any atom is -0.351 e. The molecular formula is C27H27F3N5O4S3+. The lowest BCUT2D eigenvalue weighted by atomic mass is 10.1. The topological polar surface area (TPSA) is 134 Å². The molecule has 222 valence electrons. The maximum absolute atomic E-state index is 14.8. The van der Waals surface area contributed by atoms with E-state index in [9.17, 15) is 30.4 Å². The van der Waals surface area contributed by atoms with Gasteiger partial charge in [-0.15, -0.1) is 11.3 Å². The Morgan fingerprint density at radius 1 is 1.02 bits per heavy atom. The first-order valence-electron chi connectivity index (χ1n) is 12.9. The van der Waals surface area contributed by atoms with Crippen LogP contribution in [-0.2, 0) is 24.4 Å². The summed E-state index contributed by atoms with van der Waals surface area (Å²) in [5.74, 6) is -2.31. The van der Waals surface area contributed by atoms with E-state index in [1.54, 1.807) is 12.3 Å². The molecule has 1 fully saturated rings. The minimum absolute atomic E-state index is 0.0342. The van der Waals surface area contributed by atoms with Crippen molar-refractivity contribution < 1.29 is 30.4 Å². The zero-order chi connectivity index (χ0) is 30.2. The summed E-state index contributed by atoms with van der Waals surface area (Å²) in [6.07, 6.45) is 2.57. The van der Waals surface area contributed by atoms with E-state index in [1.165, 1.54) is 23.5 Å². The van der Waals surface area contributed by atoms with Crippen LogP contribution in [0.2, 0.25) is 0 Å². The van der Waals surface area contributed by atoms with E-state index in [4.69, 9.17) is 4.98 Å². The van der Waals surface area contributed by atoms with Gasteiger partial charge in [-0.3, -0.25) is 4.72 Å². The normalized spacial score (nSPS) is 19.2. The van der Waals surface area contributed by atoms with Crippen molar-refractivity contribution >= 4 is 43.2 Å². The summed E-state index contributed by atoms with van der Waals surface area (Å²) < 4.78 is 92.1. The van der Waals surface area contributed by atoms with Gasteiger partial charge in [0.1, 0.15) is 33.9 Å². The molecule has 5 rings (SSSR count). The predicted molar refractivity (Wildman–Crippen MR) is 157 cm³/mol. The average Bonchev–Trinajstić information content (AvgIpc) is 3.39. The van der Waals surface area contributed by atoms with Crippen molar-refractivity contribution in [2.75, 3.05) is 21.5 Å². The Balaban J connectivity index is 1.49. The molecule has 1 saturated heterocycles. The second kappa shape index (κ2) is 11.7. The summed E-state index contributed by atoms with van der Waals surface area (Å²) in [4.78, 5) is 13.3. The lowest BCUT2D eigenvalue weighted by Gasteiger charge is -2.22. The first kappa shape index (κ1) is 30.1. The molecule has 9 nitrogen and oxygen atoms in total. The molecule has 0 bridgehead atoms. The zero-order valence-electron chi connectivity index (χ0n) is 22.5. The summed E-state index contributed by atoms with van der Waals surface area (Å²) >= 11 is 1.37. The molecule has 0 aliphatic carbocycles. The molecular weight excluding hydrogens is 612 g/mol. The van der Waals surface area contributed by atoms with Crippen LogP contribution in [0, 0.1) is 17.5 Å². The SMILES string of the molecule is CC(C)c1nc(-c2ccc(F)c(NS(=O)(=O)c3cc(F)ccc3F)c2)c(-c2ccnc(NC3CC[S+](=O)(O)CC3)n2)s1. The van der Waals surface area contributed by atoms with Gasteiger partial charge in [-0.25, -0.2) is 36.5 Å². The minimum atomic E-state index is -4.67. The molecule has 0 radical (unpaired) electrons. The second-order valence-electron chi connectivity index (χ2n) is 10.1. The quantitative estimate of drug-likeness (QED) is 0.196. The maximum atomic E-state index is 14.8. The highest BCUT2D eigenvalue weighted by molar-refractivity contribution is 7.97. The van der Waals surface area contributed by atoms with Gasteiger partial charge in [-0.1, -0.05) is 18.1 Å². The van der Waals surface area contributed by atoms with Crippen molar-refractivity contribution in [2.45, 2.75) is 43.5 Å². The number of aromatic nitrogens is 3. The van der Waals surface area contributed by atoms with E-state index in [-0.39, 0.29) is 23.5 Å². The van der Waals surface area contributed by atoms with Gasteiger partial charge in [-0.05, 0) is 42.5 Å². The summed E-state index contributed by atoms with van der Waals surface area (Å²) in [7, 11) is -7.45. The third-order valence-electron chi connectivity index (χ3n) is 6.60. The molecule has 2 aromatic carbocycles. The average molecular weight is 639 g/mol. The second-order valence-corrected chi connectivity index (χ2v) is 15.2. The van der Waals surface area contributed by atoms with Gasteiger partial charge in [0.25, 0.3) is 10.0 Å². The molecule has 0 atom stereocenters. The molecule has 2 aromatic heterocycles. The first-order chi connectivity index (χ1) is 19.8. The van der Waals surface area contributed by atoms with Crippen molar-refractivity contribution in [3.05, 3.63) is 71.1 Å². The molecule has 1 aliphatic rings. The number of sulfonamides is 1. The van der Waals surface area contributed by atoms with Crippen LogP contribution in [0.4, 0.5) is 24.8 Å². The molecule has 1 aliphatic heterocycles. The molecule has 0 spiro atoms. The lowest BCUT2D eigenvalue weighted by Crippen LogP contribution is -2.35. The predicted octanol–water partition coefficient (Wildman–Crippen LogP) is 6.16. The number of hydrogen-bond donors (Lipinski definition) is 3. The summed E-state index contributed by atoms with van der Waals surface area (Å²) in [5.41, 5.74) is 0.833. The number of thiazole rings is 1. The van der Waals surface area contributed by atoms with Crippen molar-refractivity contribution in [1.29, 1.82) is 0 Å². The molecule has 3 N–H and O–H groups in total. The Morgan fingerprint density at radius 2 is 1.74 bits per heavy atom. The smallest absolute Gasteiger partial charge is 0.265 e. The fraction of sp³-hybridized carbons (Fsp3) is 0.296. The first-order valence-corrected chi connectivity index (χ1v) is 17.1. The summed E-state index contributed by atoms with van der Waals surface area (Å²) in [6, 6.07) is 7.33. The van der Waals surface area contributed by atoms with Gasteiger partial charge in [0, 0.05) is 36.6 Å². The van der Waals surface area contributed by atoms with E-state index < -0.39 is 48.3 Å². The maximum Gasteiger partial charge on any atom is 0.265 e. The highest BCUT2D eigenvalue weighted by atomic mass is 32.3. The van der Waals surface area contributed by atoms with Crippen LogP contribution >= 0.6 is 11.3 Å². The van der Waals surface area contributed by atoms with Crippen LogP contribution < -0.4 is 10.0 Å². The molecule has 0 amide bonds. The number of nitrogens with zero attached hydrogens (tertiary/aromatic N) is 3. The van der Waals surface area contributed by atoms with E-state index in [0.29, 0.717) is 52.8 Å². The molecule has 15 heteroatoms. The Hall–Kier alpha value is -3.40. The number of rotatable bonds is 8. The Bertz CT molecular complexity index is 1790. The van der Waals surface area contributed by atoms with Gasteiger partial charge < -0.3 is 5.32 Å². The zero-order valence-corrected chi connectivity index (χ0v) is 24.9. The monoisotopic (exact) mass is 638 g/mol. The highest BCUT2D eigenvalue weighted by Gasteiger charge is 2.33. The van der Waals surface area contributed by atoms with E-state index in [2.05, 4.69) is 15.3 Å². The number of nitrogens with one attached hydrogen (secondary N) is 2. The number of benzene rings is 2. The van der Waals surface area contributed by atoms with Crippen molar-refractivity contribution in [3.63, 3.8) is 0 Å². The Labute approximate surface area is 246 Å². The fourth-order valence-electron chi connectivity index (χ4n) is 4.37. The van der Waals surface area contributed by atoms with Crippen LogP contribution in [0.3, 0.4) is 0 Å². The third-order valence-corrected chi connectivity index (χ3v) is 11.1. The van der Waals surface area contributed by atoms with Gasteiger partial charge in [0.15, 0.2) is 0 Å². The Kier molecular flexibility index (Phi) is 8.38. The molecule has 42 heavy (non-hydrogen) atoms. The van der Waals surface area contributed by atoms with E-state index in [1.807, 2.05) is 18.6 Å². The van der Waals surface area contributed by atoms with E-state index >= 15 is 0 Å². The number of hydrogen-bond acceptors (Lipinski definition) is 8. The van der Waals surface area contributed by atoms with Gasteiger partial charge >= 0.3 is 0 Å². The number of anilines is 2. The summed E-state index contributed by atoms with van der Waals surface area (Å²) in [5, 5.41) is 3.98. The standard InChI is InChI=1S/C27H26F3N5O4S3/c1-15(2)26-34-24(25(40-26)21-7-10-31-27(33-21)32-18-8-11-41(36,37)12-9-18)16-3-5-19(29)22(13-16)35-42(38,39)23-14-17(28)4-6-20(23)30/h3-7,10,13-15,18,35H,8-9,11-12H2,1-2H3,(H-,31,32,33,36,37)/p+1. The van der Waals surface area contributed by atoms with Crippen molar-refractivity contribution in [1.82, 2.24) is 15.0 Å². The largest absolute Gasteiger partial charge is 0.351 e. The van der Waals surface area contributed by atoms with Gasteiger partial charge in [0.05, 0.1) is 27.0 Å². The van der Waals surface area contributed by atoms with E-state index in [0.717, 1.165) is 17.1 Å². The van der Waals surface area contributed by atoms with Gasteiger partial charge in [0.2, 0.25) is 16.2 Å². The fourth-order valence-corrected chi connectivity index (χ4v) is 8.09.